The van der Waals surface area contributed by atoms with Gasteiger partial charge in [-0.15, -0.1) is 0 Å². The van der Waals surface area contributed by atoms with Crippen molar-refractivity contribution in [2.24, 2.45) is 0 Å². The lowest BCUT2D eigenvalue weighted by Crippen LogP contribution is -2.37. The minimum atomic E-state index is 0.411. The summed E-state index contributed by atoms with van der Waals surface area (Å²) in [5, 5.41) is 12.3. The number of nitrogens with one attached hydrogen (secondary N) is 3. The molecule has 1 aliphatic heterocycles. The van der Waals surface area contributed by atoms with Gasteiger partial charge in [0.2, 0.25) is 5.95 Å². The normalized spacial score (nSPS) is 15.0. The molecule has 0 unspecified atom stereocenters. The standard InChI is InChI=1S/C26H27N9/c1-17(31-20-4-3-8-27-13-20)21-16-30-35-11-5-18(12-24(21)35)22-14-28-25-23(22)15-29-26(33-25)32-19-6-9-34(2)10-7-19/h3-5,8,11-16,19,31H,1,6-7,9-10H2,2H3,(H2,28,29,32,33). The Morgan fingerprint density at radius 2 is 2.06 bits per heavy atom. The van der Waals surface area contributed by atoms with E-state index in [4.69, 9.17) is 4.98 Å². The van der Waals surface area contributed by atoms with Gasteiger partial charge in [0.15, 0.2) is 0 Å². The van der Waals surface area contributed by atoms with E-state index in [-0.39, 0.29) is 0 Å². The van der Waals surface area contributed by atoms with Crippen LogP contribution in [0, 0.1) is 0 Å². The molecule has 0 spiro atoms. The number of anilines is 2. The lowest BCUT2D eigenvalue weighted by atomic mass is 10.1. The predicted molar refractivity (Wildman–Crippen MR) is 139 cm³/mol. The second kappa shape index (κ2) is 8.84. The minimum Gasteiger partial charge on any atom is -0.354 e. The molecule has 1 aliphatic rings. The Balaban J connectivity index is 1.28. The molecule has 0 amide bonds. The highest BCUT2D eigenvalue weighted by atomic mass is 15.2. The Labute approximate surface area is 202 Å². The molecule has 9 nitrogen and oxygen atoms in total. The first-order valence-corrected chi connectivity index (χ1v) is 11.8. The fourth-order valence-electron chi connectivity index (χ4n) is 4.61. The number of nitrogens with zero attached hydrogens (tertiary/aromatic N) is 6. The number of aromatic amines is 1. The summed E-state index contributed by atoms with van der Waals surface area (Å²) in [4.78, 5) is 19.2. The third kappa shape index (κ3) is 4.22. The van der Waals surface area contributed by atoms with Gasteiger partial charge in [0, 0.05) is 53.0 Å². The summed E-state index contributed by atoms with van der Waals surface area (Å²) in [5.41, 5.74) is 6.45. The van der Waals surface area contributed by atoms with Crippen LogP contribution >= 0.6 is 0 Å². The molecule has 0 aromatic carbocycles. The van der Waals surface area contributed by atoms with Gasteiger partial charge in [0.25, 0.3) is 0 Å². The van der Waals surface area contributed by atoms with Crippen LogP contribution in [0.1, 0.15) is 18.4 Å². The highest BCUT2D eigenvalue weighted by Gasteiger charge is 2.18. The van der Waals surface area contributed by atoms with Crippen molar-refractivity contribution < 1.29 is 0 Å². The Hall–Kier alpha value is -4.24. The smallest absolute Gasteiger partial charge is 0.224 e. The number of rotatable bonds is 6. The summed E-state index contributed by atoms with van der Waals surface area (Å²) in [7, 11) is 2.16. The summed E-state index contributed by atoms with van der Waals surface area (Å²) < 4.78 is 1.85. The molecule has 3 N–H and O–H groups in total. The summed E-state index contributed by atoms with van der Waals surface area (Å²) >= 11 is 0. The number of fused-ring (bicyclic) bond motifs is 2. The number of H-pyrrole nitrogens is 1. The second-order valence-electron chi connectivity index (χ2n) is 9.03. The van der Waals surface area contributed by atoms with Gasteiger partial charge < -0.3 is 20.5 Å². The Kier molecular flexibility index (Phi) is 5.38. The Morgan fingerprint density at radius 3 is 2.89 bits per heavy atom. The zero-order valence-electron chi connectivity index (χ0n) is 19.6. The molecule has 5 aromatic heterocycles. The molecular formula is C26H27N9. The van der Waals surface area contributed by atoms with E-state index in [0.717, 1.165) is 70.6 Å². The Morgan fingerprint density at radius 1 is 1.17 bits per heavy atom. The van der Waals surface area contributed by atoms with Gasteiger partial charge in [-0.3, -0.25) is 4.98 Å². The molecule has 6 rings (SSSR count). The van der Waals surface area contributed by atoms with E-state index >= 15 is 0 Å². The van der Waals surface area contributed by atoms with Crippen LogP contribution in [-0.4, -0.2) is 60.6 Å². The highest BCUT2D eigenvalue weighted by Crippen LogP contribution is 2.31. The van der Waals surface area contributed by atoms with Crippen molar-refractivity contribution in [3.63, 3.8) is 0 Å². The molecular weight excluding hydrogens is 438 g/mol. The first kappa shape index (κ1) is 21.3. The largest absolute Gasteiger partial charge is 0.354 e. The van der Waals surface area contributed by atoms with Gasteiger partial charge in [-0.25, -0.2) is 9.50 Å². The van der Waals surface area contributed by atoms with Crippen molar-refractivity contribution >= 4 is 33.9 Å². The summed E-state index contributed by atoms with van der Waals surface area (Å²) in [6.07, 6.45) is 13.4. The van der Waals surface area contributed by atoms with Gasteiger partial charge in [-0.2, -0.15) is 10.1 Å². The Bertz CT molecular complexity index is 1490. The molecule has 176 valence electrons. The van der Waals surface area contributed by atoms with Crippen molar-refractivity contribution in [3.05, 3.63) is 73.6 Å². The lowest BCUT2D eigenvalue weighted by Gasteiger charge is -2.29. The van der Waals surface area contributed by atoms with E-state index in [1.54, 1.807) is 12.4 Å². The number of hydrogen-bond acceptors (Lipinski definition) is 7. The first-order valence-electron chi connectivity index (χ1n) is 11.8. The molecule has 0 atom stereocenters. The van der Waals surface area contributed by atoms with Crippen LogP contribution in [0.5, 0.6) is 0 Å². The average Bonchev–Trinajstić information content (AvgIpc) is 3.50. The van der Waals surface area contributed by atoms with Crippen LogP contribution in [0.3, 0.4) is 0 Å². The summed E-state index contributed by atoms with van der Waals surface area (Å²) in [6, 6.07) is 8.42. The van der Waals surface area contributed by atoms with Crippen LogP contribution in [0.15, 0.2) is 68.0 Å². The molecule has 1 fully saturated rings. The van der Waals surface area contributed by atoms with Crippen molar-refractivity contribution in [1.29, 1.82) is 0 Å². The van der Waals surface area contributed by atoms with E-state index in [1.165, 1.54) is 0 Å². The fourth-order valence-corrected chi connectivity index (χ4v) is 4.61. The molecule has 9 heteroatoms. The average molecular weight is 466 g/mol. The van der Waals surface area contributed by atoms with Crippen LogP contribution in [0.2, 0.25) is 0 Å². The first-order chi connectivity index (χ1) is 17.1. The minimum absolute atomic E-state index is 0.411. The molecule has 0 aliphatic carbocycles. The highest BCUT2D eigenvalue weighted by molar-refractivity contribution is 5.95. The predicted octanol–water partition coefficient (Wildman–Crippen LogP) is 4.26. The zero-order valence-corrected chi connectivity index (χ0v) is 19.6. The van der Waals surface area contributed by atoms with E-state index in [1.807, 2.05) is 47.5 Å². The van der Waals surface area contributed by atoms with Gasteiger partial charge in [0.05, 0.1) is 23.6 Å². The summed E-state index contributed by atoms with van der Waals surface area (Å²) in [6.45, 7) is 6.40. The second-order valence-corrected chi connectivity index (χ2v) is 9.03. The molecule has 0 saturated carbocycles. The van der Waals surface area contributed by atoms with Gasteiger partial charge >= 0.3 is 0 Å². The van der Waals surface area contributed by atoms with Crippen LogP contribution in [0.4, 0.5) is 11.6 Å². The third-order valence-electron chi connectivity index (χ3n) is 6.60. The van der Waals surface area contributed by atoms with Gasteiger partial charge in [-0.1, -0.05) is 6.58 Å². The lowest BCUT2D eigenvalue weighted by molar-refractivity contribution is 0.263. The molecule has 1 saturated heterocycles. The molecule has 5 aromatic rings. The molecule has 0 radical (unpaired) electrons. The maximum Gasteiger partial charge on any atom is 0.224 e. The topological polar surface area (TPSA) is 99.1 Å². The number of likely N-dealkylation sites (tertiary alicyclic amines) is 1. The number of piperidine rings is 1. The van der Waals surface area contributed by atoms with Gasteiger partial charge in [0.1, 0.15) is 5.65 Å². The van der Waals surface area contributed by atoms with E-state index in [0.29, 0.717) is 12.0 Å². The number of pyridine rings is 2. The fraction of sp³-hybridized carbons (Fsp3) is 0.231. The van der Waals surface area contributed by atoms with Crippen LogP contribution in [-0.2, 0) is 0 Å². The van der Waals surface area contributed by atoms with Crippen molar-refractivity contribution in [3.8, 4) is 11.1 Å². The van der Waals surface area contributed by atoms with Crippen molar-refractivity contribution in [2.75, 3.05) is 30.8 Å². The maximum atomic E-state index is 4.74. The van der Waals surface area contributed by atoms with E-state index < -0.39 is 0 Å². The number of hydrogen-bond donors (Lipinski definition) is 3. The van der Waals surface area contributed by atoms with Crippen molar-refractivity contribution in [2.45, 2.75) is 18.9 Å². The van der Waals surface area contributed by atoms with E-state index in [9.17, 15) is 0 Å². The quantitative estimate of drug-likeness (QED) is 0.345. The molecule has 6 heterocycles. The third-order valence-corrected chi connectivity index (χ3v) is 6.60. The van der Waals surface area contributed by atoms with E-state index in [2.05, 4.69) is 55.3 Å². The monoisotopic (exact) mass is 465 g/mol. The van der Waals surface area contributed by atoms with Crippen LogP contribution < -0.4 is 10.6 Å². The number of aromatic nitrogens is 6. The maximum absolute atomic E-state index is 4.74. The van der Waals surface area contributed by atoms with Gasteiger partial charge in [-0.05, 0) is 62.8 Å². The summed E-state index contributed by atoms with van der Waals surface area (Å²) in [5.74, 6) is 0.673. The van der Waals surface area contributed by atoms with Crippen LogP contribution in [0.25, 0.3) is 33.4 Å². The molecule has 0 bridgehead atoms. The SMILES string of the molecule is C=C(Nc1cccnc1)c1cnn2ccc(-c3c[nH]c4nc(NC5CCN(C)CC5)ncc34)cc12. The zero-order chi connectivity index (χ0) is 23.8. The van der Waals surface area contributed by atoms with Crippen molar-refractivity contribution in [1.82, 2.24) is 34.4 Å². The molecule has 35 heavy (non-hydrogen) atoms.